The van der Waals surface area contributed by atoms with Crippen LogP contribution in [0.5, 0.6) is 5.75 Å². The summed E-state index contributed by atoms with van der Waals surface area (Å²) in [5.74, 6) is 0.151. The summed E-state index contributed by atoms with van der Waals surface area (Å²) in [5, 5.41) is 2.98. The predicted molar refractivity (Wildman–Crippen MR) is 107 cm³/mol. The predicted octanol–water partition coefficient (Wildman–Crippen LogP) is 3.89. The van der Waals surface area contributed by atoms with Gasteiger partial charge in [-0.25, -0.2) is 0 Å². The summed E-state index contributed by atoms with van der Waals surface area (Å²) in [5.41, 5.74) is 3.58. The lowest BCUT2D eigenvalue weighted by Crippen LogP contribution is -2.34. The molecule has 0 fully saturated rings. The largest absolute Gasteiger partial charge is 0.494 e. The summed E-state index contributed by atoms with van der Waals surface area (Å²) in [6.07, 6.45) is 3.77. The third kappa shape index (κ3) is 5.84. The van der Waals surface area contributed by atoms with Crippen LogP contribution in [0.1, 0.15) is 48.4 Å². The van der Waals surface area contributed by atoms with Crippen LogP contribution >= 0.6 is 0 Å². The van der Waals surface area contributed by atoms with E-state index >= 15 is 0 Å². The molecular weight excluding hydrogens is 354 g/mol. The van der Waals surface area contributed by atoms with Crippen molar-refractivity contribution < 1.29 is 19.1 Å². The first-order valence-electron chi connectivity index (χ1n) is 9.84. The summed E-state index contributed by atoms with van der Waals surface area (Å²) in [6, 6.07) is 15.9. The van der Waals surface area contributed by atoms with E-state index < -0.39 is 0 Å². The standard InChI is InChI=1S/C23H27NO4/c1-17-7-4-10-19(15-17)27-14-6-13-23(26)28-16-22(25)24-21-12-5-9-18-8-2-3-11-20(18)21/h2-4,7-8,10-11,15,21H,5-6,9,12-14,16H2,1H3,(H,24,25)/t21-/m0/s1. The van der Waals surface area contributed by atoms with Crippen molar-refractivity contribution in [2.45, 2.75) is 45.1 Å². The minimum Gasteiger partial charge on any atom is -0.494 e. The molecule has 0 heterocycles. The Kier molecular flexibility index (Phi) is 7.06. The Morgan fingerprint density at radius 2 is 2.00 bits per heavy atom. The van der Waals surface area contributed by atoms with Gasteiger partial charge in [-0.3, -0.25) is 9.59 Å². The molecule has 0 saturated heterocycles. The van der Waals surface area contributed by atoms with Crippen molar-refractivity contribution in [3.8, 4) is 5.75 Å². The number of benzene rings is 2. The molecule has 0 aromatic heterocycles. The monoisotopic (exact) mass is 381 g/mol. The van der Waals surface area contributed by atoms with E-state index in [1.54, 1.807) is 0 Å². The van der Waals surface area contributed by atoms with Gasteiger partial charge in [-0.1, -0.05) is 36.4 Å². The average molecular weight is 381 g/mol. The Labute approximate surface area is 166 Å². The van der Waals surface area contributed by atoms with Gasteiger partial charge in [0.2, 0.25) is 0 Å². The van der Waals surface area contributed by atoms with Crippen molar-refractivity contribution in [3.63, 3.8) is 0 Å². The quantitative estimate of drug-likeness (QED) is 0.557. The summed E-state index contributed by atoms with van der Waals surface area (Å²) in [7, 11) is 0. The lowest BCUT2D eigenvalue weighted by molar-refractivity contribution is -0.149. The molecule has 1 atom stereocenters. The zero-order valence-electron chi connectivity index (χ0n) is 16.3. The first-order chi connectivity index (χ1) is 13.6. The number of aryl methyl sites for hydroxylation is 2. The van der Waals surface area contributed by atoms with Crippen molar-refractivity contribution >= 4 is 11.9 Å². The van der Waals surface area contributed by atoms with E-state index in [2.05, 4.69) is 17.4 Å². The molecule has 1 aliphatic carbocycles. The highest BCUT2D eigenvalue weighted by Gasteiger charge is 2.21. The number of rotatable bonds is 8. The van der Waals surface area contributed by atoms with Gasteiger partial charge in [0.05, 0.1) is 12.6 Å². The maximum Gasteiger partial charge on any atom is 0.306 e. The molecule has 0 unspecified atom stereocenters. The molecule has 28 heavy (non-hydrogen) atoms. The fourth-order valence-electron chi connectivity index (χ4n) is 3.47. The highest BCUT2D eigenvalue weighted by Crippen LogP contribution is 2.29. The van der Waals surface area contributed by atoms with Crippen LogP contribution in [-0.4, -0.2) is 25.1 Å². The molecule has 0 aliphatic heterocycles. The summed E-state index contributed by atoms with van der Waals surface area (Å²) in [6.45, 7) is 2.20. The van der Waals surface area contributed by atoms with Gasteiger partial charge in [0.15, 0.2) is 6.61 Å². The van der Waals surface area contributed by atoms with Gasteiger partial charge >= 0.3 is 5.97 Å². The van der Waals surface area contributed by atoms with Gasteiger partial charge in [-0.05, 0) is 61.4 Å². The van der Waals surface area contributed by atoms with Crippen LogP contribution in [0.2, 0.25) is 0 Å². The van der Waals surface area contributed by atoms with Gasteiger partial charge < -0.3 is 14.8 Å². The normalized spacial score (nSPS) is 15.4. The van der Waals surface area contributed by atoms with Crippen LogP contribution in [0, 0.1) is 6.92 Å². The Bertz CT molecular complexity index is 818. The molecule has 0 saturated carbocycles. The molecule has 0 spiro atoms. The van der Waals surface area contributed by atoms with Crippen molar-refractivity contribution in [3.05, 3.63) is 65.2 Å². The van der Waals surface area contributed by atoms with Gasteiger partial charge in [-0.2, -0.15) is 0 Å². The Hall–Kier alpha value is -2.82. The van der Waals surface area contributed by atoms with E-state index in [1.165, 1.54) is 11.1 Å². The van der Waals surface area contributed by atoms with Crippen LogP contribution in [0.15, 0.2) is 48.5 Å². The molecule has 0 bridgehead atoms. The number of nitrogens with one attached hydrogen (secondary N) is 1. The maximum absolute atomic E-state index is 12.2. The number of ether oxygens (including phenoxy) is 2. The molecule has 2 aromatic rings. The van der Waals surface area contributed by atoms with E-state index in [0.717, 1.165) is 30.6 Å². The van der Waals surface area contributed by atoms with E-state index in [0.29, 0.717) is 13.0 Å². The topological polar surface area (TPSA) is 64.6 Å². The van der Waals surface area contributed by atoms with Crippen LogP contribution in [-0.2, 0) is 20.7 Å². The number of hydrogen-bond donors (Lipinski definition) is 1. The molecule has 5 nitrogen and oxygen atoms in total. The van der Waals surface area contributed by atoms with Gasteiger partial charge in [0.25, 0.3) is 5.91 Å². The molecule has 1 N–H and O–H groups in total. The Morgan fingerprint density at radius 3 is 2.86 bits per heavy atom. The fourth-order valence-corrected chi connectivity index (χ4v) is 3.47. The highest BCUT2D eigenvalue weighted by molar-refractivity contribution is 5.80. The van der Waals surface area contributed by atoms with Crippen molar-refractivity contribution in [2.24, 2.45) is 0 Å². The lowest BCUT2D eigenvalue weighted by Gasteiger charge is -2.26. The fraction of sp³-hybridized carbons (Fsp3) is 0.391. The van der Waals surface area contributed by atoms with E-state index in [9.17, 15) is 9.59 Å². The number of esters is 1. The second-order valence-electron chi connectivity index (χ2n) is 7.14. The van der Waals surface area contributed by atoms with Crippen molar-refractivity contribution in [1.82, 2.24) is 5.32 Å². The molecular formula is C23H27NO4. The van der Waals surface area contributed by atoms with Gasteiger partial charge in [0.1, 0.15) is 5.75 Å². The Morgan fingerprint density at radius 1 is 1.14 bits per heavy atom. The molecule has 3 rings (SSSR count). The highest BCUT2D eigenvalue weighted by atomic mass is 16.5. The van der Waals surface area contributed by atoms with E-state index in [-0.39, 0.29) is 30.9 Å². The third-order valence-electron chi connectivity index (χ3n) is 4.85. The second-order valence-corrected chi connectivity index (χ2v) is 7.14. The first-order valence-corrected chi connectivity index (χ1v) is 9.84. The number of carbonyl (C=O) groups excluding carboxylic acids is 2. The first kappa shape index (κ1) is 19.9. The average Bonchev–Trinajstić information content (AvgIpc) is 2.70. The number of fused-ring (bicyclic) bond motifs is 1. The lowest BCUT2D eigenvalue weighted by atomic mass is 9.88. The smallest absolute Gasteiger partial charge is 0.306 e. The summed E-state index contributed by atoms with van der Waals surface area (Å²) >= 11 is 0. The van der Waals surface area contributed by atoms with E-state index in [4.69, 9.17) is 9.47 Å². The molecule has 1 amide bonds. The number of carbonyl (C=O) groups is 2. The van der Waals surface area contributed by atoms with Crippen LogP contribution in [0.3, 0.4) is 0 Å². The third-order valence-corrected chi connectivity index (χ3v) is 4.85. The van der Waals surface area contributed by atoms with Crippen LogP contribution in [0.25, 0.3) is 0 Å². The van der Waals surface area contributed by atoms with Crippen LogP contribution in [0.4, 0.5) is 0 Å². The van der Waals surface area contributed by atoms with E-state index in [1.807, 2.05) is 43.3 Å². The van der Waals surface area contributed by atoms with Gasteiger partial charge in [0, 0.05) is 6.42 Å². The van der Waals surface area contributed by atoms with Gasteiger partial charge in [-0.15, -0.1) is 0 Å². The van der Waals surface area contributed by atoms with Crippen molar-refractivity contribution in [1.29, 1.82) is 0 Å². The second kappa shape index (κ2) is 9.93. The van der Waals surface area contributed by atoms with Crippen LogP contribution < -0.4 is 10.1 Å². The molecule has 2 aromatic carbocycles. The number of hydrogen-bond acceptors (Lipinski definition) is 4. The minimum atomic E-state index is -0.382. The minimum absolute atomic E-state index is 0.00104. The molecule has 0 radical (unpaired) electrons. The number of amides is 1. The SMILES string of the molecule is Cc1cccc(OCCCC(=O)OCC(=O)N[C@H]2CCCc3ccccc32)c1. The van der Waals surface area contributed by atoms with Crippen molar-refractivity contribution in [2.75, 3.05) is 13.2 Å². The molecule has 5 heteroatoms. The Balaban J connectivity index is 1.34. The zero-order chi connectivity index (χ0) is 19.8. The summed E-state index contributed by atoms with van der Waals surface area (Å²) < 4.78 is 10.7. The summed E-state index contributed by atoms with van der Waals surface area (Å²) in [4.78, 5) is 24.0. The zero-order valence-corrected chi connectivity index (χ0v) is 16.3. The molecule has 1 aliphatic rings. The maximum atomic E-state index is 12.2. The molecule has 148 valence electrons.